The predicted molar refractivity (Wildman–Crippen MR) is 128 cm³/mol. The third kappa shape index (κ3) is 5.39. The lowest BCUT2D eigenvalue weighted by Crippen LogP contribution is -2.31. The van der Waals surface area contributed by atoms with Crippen molar-refractivity contribution in [2.24, 2.45) is 5.73 Å². The molecule has 0 unspecified atom stereocenters. The number of H-pyrrole nitrogens is 1. The number of nitrogens with zero attached hydrogens (tertiary/aromatic N) is 2. The van der Waals surface area contributed by atoms with E-state index >= 15 is 0 Å². The molecule has 0 saturated heterocycles. The number of nitrogens with two attached hydrogens (primary N) is 1. The van der Waals surface area contributed by atoms with E-state index in [1.807, 2.05) is 25.1 Å². The Morgan fingerprint density at radius 1 is 1.21 bits per heavy atom. The lowest BCUT2D eigenvalue weighted by atomic mass is 10.0. The monoisotopic (exact) mass is 485 g/mol. The van der Waals surface area contributed by atoms with Gasteiger partial charge in [-0.2, -0.15) is 18.3 Å². The topological polar surface area (TPSA) is 99.9 Å². The van der Waals surface area contributed by atoms with E-state index in [2.05, 4.69) is 32.3 Å². The number of thiazole rings is 1. The summed E-state index contributed by atoms with van der Waals surface area (Å²) in [6.07, 6.45) is -3.95. The molecule has 0 amide bonds. The SMILES string of the molecule is Cc1n[nH]c2ccc(-c3sc(NC[C@H](N)Cc4ccc(C(F)(F)F)cc4)nc3C#CCO)cc12. The molecular weight excluding hydrogens is 463 g/mol. The maximum Gasteiger partial charge on any atom is 0.416 e. The average Bonchev–Trinajstić information content (AvgIpc) is 3.39. The highest BCUT2D eigenvalue weighted by Gasteiger charge is 2.30. The van der Waals surface area contributed by atoms with Crippen LogP contribution in [0.15, 0.2) is 42.5 Å². The van der Waals surface area contributed by atoms with E-state index in [1.54, 1.807) is 0 Å². The number of alkyl halides is 3. The largest absolute Gasteiger partial charge is 0.416 e. The fraction of sp³-hybridized carbons (Fsp3) is 0.250. The van der Waals surface area contributed by atoms with Gasteiger partial charge in [-0.3, -0.25) is 5.10 Å². The second-order valence-corrected chi connectivity index (χ2v) is 8.76. The number of rotatable bonds is 6. The van der Waals surface area contributed by atoms with Gasteiger partial charge in [0.1, 0.15) is 12.3 Å². The van der Waals surface area contributed by atoms with Crippen LogP contribution in [0.2, 0.25) is 0 Å². The van der Waals surface area contributed by atoms with Crippen LogP contribution in [-0.4, -0.2) is 39.5 Å². The second-order valence-electron chi connectivity index (χ2n) is 7.77. The summed E-state index contributed by atoms with van der Waals surface area (Å²) in [5, 5.41) is 21.1. The van der Waals surface area contributed by atoms with Gasteiger partial charge >= 0.3 is 6.18 Å². The molecule has 0 aliphatic rings. The molecule has 0 aliphatic carbocycles. The number of aliphatic hydroxyl groups excluding tert-OH is 1. The standard InChI is InChI=1S/C24H22F3N5OS/c1-14-19-12-16(6-9-20(19)32-31-14)22-21(3-2-10-33)30-23(34-22)29-13-18(28)11-15-4-7-17(8-5-15)24(25,26)27/h4-9,12,18,33H,10-11,13,28H2,1H3,(H,29,30)(H,31,32)/t18-/m1/s1. The van der Waals surface area contributed by atoms with Crippen LogP contribution in [-0.2, 0) is 12.6 Å². The fourth-order valence-electron chi connectivity index (χ4n) is 3.51. The predicted octanol–water partition coefficient (Wildman–Crippen LogP) is 4.34. The summed E-state index contributed by atoms with van der Waals surface area (Å²) in [6, 6.07) is 10.6. The highest BCUT2D eigenvalue weighted by Crippen LogP contribution is 2.35. The summed E-state index contributed by atoms with van der Waals surface area (Å²) in [5.41, 5.74) is 9.53. The van der Waals surface area contributed by atoms with Crippen molar-refractivity contribution in [1.29, 1.82) is 0 Å². The number of aryl methyl sites for hydroxylation is 1. The molecule has 2 heterocycles. The van der Waals surface area contributed by atoms with Crippen LogP contribution in [0.5, 0.6) is 0 Å². The molecule has 34 heavy (non-hydrogen) atoms. The Bertz CT molecular complexity index is 1350. The van der Waals surface area contributed by atoms with E-state index in [4.69, 9.17) is 10.8 Å². The number of nitrogens with one attached hydrogen (secondary N) is 2. The van der Waals surface area contributed by atoms with Crippen LogP contribution in [0.3, 0.4) is 0 Å². The molecule has 0 spiro atoms. The van der Waals surface area contributed by atoms with Crippen molar-refractivity contribution < 1.29 is 18.3 Å². The number of benzene rings is 2. The molecule has 0 fully saturated rings. The fourth-order valence-corrected chi connectivity index (χ4v) is 4.43. The number of hydrogen-bond acceptors (Lipinski definition) is 6. The molecule has 0 saturated carbocycles. The highest BCUT2D eigenvalue weighted by molar-refractivity contribution is 7.19. The molecule has 0 bridgehead atoms. The maximum absolute atomic E-state index is 12.7. The Morgan fingerprint density at radius 2 is 1.97 bits per heavy atom. The molecule has 10 heteroatoms. The van der Waals surface area contributed by atoms with Crippen molar-refractivity contribution in [3.63, 3.8) is 0 Å². The molecular formula is C24H22F3N5OS. The number of hydrogen-bond donors (Lipinski definition) is 4. The first-order valence-electron chi connectivity index (χ1n) is 10.5. The molecule has 5 N–H and O–H groups in total. The second kappa shape index (κ2) is 9.85. The normalized spacial score (nSPS) is 12.4. The van der Waals surface area contributed by atoms with Crippen LogP contribution in [0, 0.1) is 18.8 Å². The Morgan fingerprint density at radius 3 is 2.68 bits per heavy atom. The minimum atomic E-state index is -4.36. The highest BCUT2D eigenvalue weighted by atomic mass is 32.1. The lowest BCUT2D eigenvalue weighted by Gasteiger charge is -2.13. The first-order valence-corrected chi connectivity index (χ1v) is 11.3. The van der Waals surface area contributed by atoms with Gasteiger partial charge < -0.3 is 16.2 Å². The van der Waals surface area contributed by atoms with Crippen LogP contribution in [0.4, 0.5) is 18.3 Å². The Labute approximate surface area is 198 Å². The van der Waals surface area contributed by atoms with Gasteiger partial charge in [0.25, 0.3) is 0 Å². The van der Waals surface area contributed by atoms with Crippen LogP contribution >= 0.6 is 11.3 Å². The average molecular weight is 486 g/mol. The zero-order valence-corrected chi connectivity index (χ0v) is 19.0. The quantitative estimate of drug-likeness (QED) is 0.305. The molecule has 1 atom stereocenters. The summed E-state index contributed by atoms with van der Waals surface area (Å²) < 4.78 is 38.2. The van der Waals surface area contributed by atoms with Gasteiger partial charge in [0.2, 0.25) is 0 Å². The van der Waals surface area contributed by atoms with Crippen LogP contribution in [0.1, 0.15) is 22.5 Å². The Balaban J connectivity index is 1.48. The molecule has 4 aromatic rings. The summed E-state index contributed by atoms with van der Waals surface area (Å²) >= 11 is 1.42. The molecule has 2 aromatic carbocycles. The molecule has 6 nitrogen and oxygen atoms in total. The molecule has 0 radical (unpaired) electrons. The number of fused-ring (bicyclic) bond motifs is 1. The van der Waals surface area contributed by atoms with E-state index in [0.29, 0.717) is 23.8 Å². The minimum absolute atomic E-state index is 0.280. The van der Waals surface area contributed by atoms with Crippen molar-refractivity contribution in [3.8, 4) is 22.3 Å². The number of aromatic nitrogens is 3. The number of aromatic amines is 1. The van der Waals surface area contributed by atoms with Crippen molar-refractivity contribution >= 4 is 27.4 Å². The first-order chi connectivity index (χ1) is 16.2. The van der Waals surface area contributed by atoms with Gasteiger partial charge in [-0.1, -0.05) is 35.5 Å². The first kappa shape index (κ1) is 23.8. The van der Waals surface area contributed by atoms with Crippen LogP contribution in [0.25, 0.3) is 21.3 Å². The van der Waals surface area contributed by atoms with Gasteiger partial charge in [0, 0.05) is 18.0 Å². The lowest BCUT2D eigenvalue weighted by molar-refractivity contribution is -0.137. The number of halogens is 3. The molecule has 4 rings (SSSR count). The number of anilines is 1. The van der Waals surface area contributed by atoms with E-state index in [1.165, 1.54) is 23.5 Å². The summed E-state index contributed by atoms with van der Waals surface area (Å²) in [5.74, 6) is 5.54. The zero-order chi connectivity index (χ0) is 24.3. The van der Waals surface area contributed by atoms with Gasteiger partial charge in [0.15, 0.2) is 5.13 Å². The van der Waals surface area contributed by atoms with Crippen molar-refractivity contribution in [2.45, 2.75) is 25.6 Å². The van der Waals surface area contributed by atoms with Gasteiger partial charge in [-0.05, 0) is 54.7 Å². The van der Waals surface area contributed by atoms with Crippen molar-refractivity contribution in [1.82, 2.24) is 15.2 Å². The summed E-state index contributed by atoms with van der Waals surface area (Å²) in [6.45, 7) is 2.02. The third-order valence-electron chi connectivity index (χ3n) is 5.22. The smallest absolute Gasteiger partial charge is 0.384 e. The van der Waals surface area contributed by atoms with Crippen LogP contribution < -0.4 is 11.1 Å². The van der Waals surface area contributed by atoms with Gasteiger partial charge in [-0.15, -0.1) is 0 Å². The Kier molecular flexibility index (Phi) is 6.88. The van der Waals surface area contributed by atoms with Crippen molar-refractivity contribution in [3.05, 3.63) is 65.0 Å². The third-order valence-corrected chi connectivity index (χ3v) is 6.29. The molecule has 2 aromatic heterocycles. The van der Waals surface area contributed by atoms with Gasteiger partial charge in [0.05, 0.1) is 21.7 Å². The minimum Gasteiger partial charge on any atom is -0.384 e. The Hall–Kier alpha value is -3.39. The molecule has 0 aliphatic heterocycles. The summed E-state index contributed by atoms with van der Waals surface area (Å²) in [4.78, 5) is 5.40. The van der Waals surface area contributed by atoms with E-state index in [0.717, 1.165) is 44.7 Å². The number of aliphatic hydroxyl groups is 1. The van der Waals surface area contributed by atoms with Gasteiger partial charge in [-0.25, -0.2) is 4.98 Å². The maximum atomic E-state index is 12.7. The van der Waals surface area contributed by atoms with E-state index < -0.39 is 11.7 Å². The zero-order valence-electron chi connectivity index (χ0n) is 18.2. The van der Waals surface area contributed by atoms with E-state index in [9.17, 15) is 13.2 Å². The van der Waals surface area contributed by atoms with E-state index in [-0.39, 0.29) is 12.6 Å². The molecule has 176 valence electrons. The van der Waals surface area contributed by atoms with Crippen molar-refractivity contribution in [2.75, 3.05) is 18.5 Å². The summed E-state index contributed by atoms with van der Waals surface area (Å²) in [7, 11) is 0.